The second-order valence-corrected chi connectivity index (χ2v) is 6.25. The number of rotatable bonds is 3. The molecule has 2 heterocycles. The summed E-state index contributed by atoms with van der Waals surface area (Å²) in [5.41, 5.74) is 0. The Morgan fingerprint density at radius 3 is 2.90 bits per heavy atom. The van der Waals surface area contributed by atoms with Crippen molar-refractivity contribution in [2.45, 2.75) is 13.3 Å². The van der Waals surface area contributed by atoms with Crippen LogP contribution in [-0.4, -0.2) is 16.1 Å². The molecule has 0 saturated heterocycles. The summed E-state index contributed by atoms with van der Waals surface area (Å²) < 4.78 is 14.0. The van der Waals surface area contributed by atoms with Crippen LogP contribution in [0.4, 0.5) is 9.52 Å². The zero-order chi connectivity index (χ0) is 14.1. The molecule has 20 heavy (non-hydrogen) atoms. The summed E-state index contributed by atoms with van der Waals surface area (Å²) in [4.78, 5) is 12.6. The van der Waals surface area contributed by atoms with Gasteiger partial charge in [-0.25, -0.2) is 4.39 Å². The lowest BCUT2D eigenvalue weighted by Crippen LogP contribution is -2.09. The number of aryl methyl sites for hydroxylation is 1. The Balaban J connectivity index is 1.84. The molecule has 1 amide bonds. The first-order valence-corrected chi connectivity index (χ1v) is 7.62. The lowest BCUT2D eigenvalue weighted by atomic mass is 10.2. The van der Waals surface area contributed by atoms with Gasteiger partial charge in [0.1, 0.15) is 10.8 Å². The van der Waals surface area contributed by atoms with E-state index in [0.717, 1.165) is 21.5 Å². The fourth-order valence-corrected chi connectivity index (χ4v) is 3.34. The lowest BCUT2D eigenvalue weighted by molar-refractivity contribution is 0.103. The van der Waals surface area contributed by atoms with Crippen molar-refractivity contribution in [2.24, 2.45) is 0 Å². The van der Waals surface area contributed by atoms with Gasteiger partial charge in [-0.05, 0) is 36.1 Å². The Morgan fingerprint density at radius 2 is 2.15 bits per heavy atom. The average Bonchev–Trinajstić information content (AvgIpc) is 3.04. The minimum Gasteiger partial charge on any atom is -0.296 e. The van der Waals surface area contributed by atoms with Gasteiger partial charge in [0.05, 0.1) is 4.88 Å². The number of benzene rings is 1. The molecule has 102 valence electrons. The van der Waals surface area contributed by atoms with Crippen LogP contribution >= 0.6 is 22.7 Å². The Labute approximate surface area is 122 Å². The van der Waals surface area contributed by atoms with Crippen molar-refractivity contribution in [1.82, 2.24) is 10.2 Å². The summed E-state index contributed by atoms with van der Waals surface area (Å²) >= 11 is 2.68. The maximum absolute atomic E-state index is 13.1. The van der Waals surface area contributed by atoms with Crippen molar-refractivity contribution in [2.75, 3.05) is 5.32 Å². The van der Waals surface area contributed by atoms with E-state index in [9.17, 15) is 9.18 Å². The zero-order valence-corrected chi connectivity index (χ0v) is 12.1. The van der Waals surface area contributed by atoms with E-state index in [0.29, 0.717) is 10.0 Å². The number of hydrogen-bond acceptors (Lipinski definition) is 5. The van der Waals surface area contributed by atoms with Gasteiger partial charge in [0.15, 0.2) is 0 Å². The predicted octanol–water partition coefficient (Wildman–Crippen LogP) is 3.71. The first-order valence-electron chi connectivity index (χ1n) is 5.98. The van der Waals surface area contributed by atoms with E-state index in [1.54, 1.807) is 12.1 Å². The number of nitrogens with zero attached hydrogens (tertiary/aromatic N) is 2. The predicted molar refractivity (Wildman–Crippen MR) is 79.0 cm³/mol. The van der Waals surface area contributed by atoms with Crippen molar-refractivity contribution in [3.05, 3.63) is 40.0 Å². The maximum Gasteiger partial charge on any atom is 0.267 e. The van der Waals surface area contributed by atoms with E-state index in [-0.39, 0.29) is 11.7 Å². The van der Waals surface area contributed by atoms with E-state index in [4.69, 9.17) is 0 Å². The van der Waals surface area contributed by atoms with Gasteiger partial charge >= 0.3 is 0 Å². The van der Waals surface area contributed by atoms with Crippen LogP contribution in [0.1, 0.15) is 21.6 Å². The summed E-state index contributed by atoms with van der Waals surface area (Å²) in [7, 11) is 0. The molecular weight excluding hydrogens is 297 g/mol. The monoisotopic (exact) mass is 307 g/mol. The summed E-state index contributed by atoms with van der Waals surface area (Å²) in [5.74, 6) is -0.551. The number of amides is 1. The molecule has 1 aromatic carbocycles. The number of carbonyl (C=O) groups excluding carboxylic acids is 1. The van der Waals surface area contributed by atoms with Crippen LogP contribution in [-0.2, 0) is 6.42 Å². The van der Waals surface area contributed by atoms with Gasteiger partial charge in [0, 0.05) is 4.70 Å². The normalized spacial score (nSPS) is 10.9. The second-order valence-electron chi connectivity index (χ2n) is 4.10. The average molecular weight is 307 g/mol. The number of halogens is 1. The molecule has 3 rings (SSSR count). The molecule has 0 bridgehead atoms. The van der Waals surface area contributed by atoms with Crippen LogP contribution in [0.2, 0.25) is 0 Å². The third-order valence-corrected chi connectivity index (χ3v) is 4.79. The molecular formula is C13H10FN3OS2. The highest BCUT2D eigenvalue weighted by atomic mass is 32.1. The van der Waals surface area contributed by atoms with Crippen molar-refractivity contribution in [3.8, 4) is 0 Å². The number of fused-ring (bicyclic) bond motifs is 1. The molecule has 0 atom stereocenters. The number of carbonyl (C=O) groups is 1. The van der Waals surface area contributed by atoms with Gasteiger partial charge in [-0.3, -0.25) is 10.1 Å². The van der Waals surface area contributed by atoms with Crippen molar-refractivity contribution in [3.63, 3.8) is 0 Å². The topological polar surface area (TPSA) is 54.9 Å². The first kappa shape index (κ1) is 13.1. The Hall–Kier alpha value is -1.86. The van der Waals surface area contributed by atoms with Crippen LogP contribution in [0.3, 0.4) is 0 Å². The molecule has 0 fully saturated rings. The minimum atomic E-state index is -0.307. The Kier molecular flexibility index (Phi) is 3.45. The summed E-state index contributed by atoms with van der Waals surface area (Å²) in [6.45, 7) is 1.98. The summed E-state index contributed by atoms with van der Waals surface area (Å²) in [5, 5.41) is 12.6. The molecule has 0 radical (unpaired) electrons. The standard InChI is InChI=1S/C13H10FN3OS2/c1-2-11-16-17-13(20-11)15-12(18)10-6-7-5-8(14)3-4-9(7)19-10/h3-6H,2H2,1H3,(H,15,17,18). The van der Waals surface area contributed by atoms with Crippen LogP contribution < -0.4 is 5.32 Å². The van der Waals surface area contributed by atoms with Crippen LogP contribution in [0, 0.1) is 5.82 Å². The molecule has 0 unspecified atom stereocenters. The lowest BCUT2D eigenvalue weighted by Gasteiger charge is -1.96. The molecule has 0 aliphatic carbocycles. The van der Waals surface area contributed by atoms with E-state index < -0.39 is 0 Å². The smallest absolute Gasteiger partial charge is 0.267 e. The molecule has 0 aliphatic rings. The molecule has 4 nitrogen and oxygen atoms in total. The Bertz CT molecular complexity index is 781. The number of thiophene rings is 1. The van der Waals surface area contributed by atoms with E-state index >= 15 is 0 Å². The molecule has 0 saturated carbocycles. The van der Waals surface area contributed by atoms with Crippen LogP contribution in [0.5, 0.6) is 0 Å². The summed E-state index contributed by atoms with van der Waals surface area (Å²) in [6.07, 6.45) is 0.787. The third-order valence-electron chi connectivity index (χ3n) is 2.69. The minimum absolute atomic E-state index is 0.245. The van der Waals surface area contributed by atoms with E-state index in [2.05, 4.69) is 15.5 Å². The van der Waals surface area contributed by atoms with Crippen molar-refractivity contribution in [1.29, 1.82) is 0 Å². The van der Waals surface area contributed by atoms with Gasteiger partial charge < -0.3 is 0 Å². The summed E-state index contributed by atoms with van der Waals surface area (Å²) in [6, 6.07) is 6.16. The van der Waals surface area contributed by atoms with E-state index in [1.165, 1.54) is 34.8 Å². The van der Waals surface area contributed by atoms with Crippen LogP contribution in [0.25, 0.3) is 10.1 Å². The molecule has 0 spiro atoms. The molecule has 3 aromatic rings. The van der Waals surface area contributed by atoms with Gasteiger partial charge in [0.25, 0.3) is 5.91 Å². The van der Waals surface area contributed by atoms with Gasteiger partial charge in [-0.15, -0.1) is 21.5 Å². The largest absolute Gasteiger partial charge is 0.296 e. The van der Waals surface area contributed by atoms with Crippen LogP contribution in [0.15, 0.2) is 24.3 Å². The first-order chi connectivity index (χ1) is 9.65. The molecule has 2 aromatic heterocycles. The number of nitrogens with one attached hydrogen (secondary N) is 1. The highest BCUT2D eigenvalue weighted by Gasteiger charge is 2.13. The maximum atomic E-state index is 13.1. The van der Waals surface area contributed by atoms with Crippen molar-refractivity contribution < 1.29 is 9.18 Å². The van der Waals surface area contributed by atoms with Gasteiger partial charge in [0.2, 0.25) is 5.13 Å². The SMILES string of the molecule is CCc1nnc(NC(=O)c2cc3cc(F)ccc3s2)s1. The van der Waals surface area contributed by atoms with Crippen molar-refractivity contribution >= 4 is 43.8 Å². The number of anilines is 1. The highest BCUT2D eigenvalue weighted by Crippen LogP contribution is 2.27. The fraction of sp³-hybridized carbons (Fsp3) is 0.154. The van der Waals surface area contributed by atoms with E-state index in [1.807, 2.05) is 6.92 Å². The fourth-order valence-electron chi connectivity index (χ4n) is 1.73. The third kappa shape index (κ3) is 2.54. The molecule has 1 N–H and O–H groups in total. The Morgan fingerprint density at radius 1 is 1.30 bits per heavy atom. The number of aromatic nitrogens is 2. The highest BCUT2D eigenvalue weighted by molar-refractivity contribution is 7.21. The zero-order valence-electron chi connectivity index (χ0n) is 10.5. The quantitative estimate of drug-likeness (QED) is 0.802. The second kappa shape index (κ2) is 5.26. The van der Waals surface area contributed by atoms with Gasteiger partial charge in [-0.1, -0.05) is 18.3 Å². The molecule has 0 aliphatic heterocycles. The van der Waals surface area contributed by atoms with Gasteiger partial charge in [-0.2, -0.15) is 0 Å². The molecule has 7 heteroatoms. The number of hydrogen-bond donors (Lipinski definition) is 1.